The molecule has 2 aromatic carbocycles. The zero-order valence-electron chi connectivity index (χ0n) is 18.1. The average Bonchev–Trinajstić information content (AvgIpc) is 3.17. The summed E-state index contributed by atoms with van der Waals surface area (Å²) < 4.78 is 12.4. The van der Waals surface area contributed by atoms with Crippen LogP contribution < -0.4 is 15.0 Å². The number of nitrogens with zero attached hydrogens (tertiary/aromatic N) is 2. The van der Waals surface area contributed by atoms with Crippen LogP contribution in [-0.2, 0) is 12.2 Å². The standard InChI is InChI=1S/C24H25N3O3S/c1-5-19-23(16-8-11-20(29-3)21(12-16)30-4)24-25-17(13-22(28)27(24)26-19)14-31-18-9-6-15(2)7-10-18/h6-13,26H,5,14H2,1-4H3. The average molecular weight is 436 g/mol. The molecule has 0 aliphatic heterocycles. The first kappa shape index (κ1) is 21.1. The van der Waals surface area contributed by atoms with Gasteiger partial charge in [0, 0.05) is 28.0 Å². The fourth-order valence-corrected chi connectivity index (χ4v) is 4.34. The summed E-state index contributed by atoms with van der Waals surface area (Å²) in [6.07, 6.45) is 0.736. The topological polar surface area (TPSA) is 68.6 Å². The quantitative estimate of drug-likeness (QED) is 0.420. The molecule has 0 atom stereocenters. The van der Waals surface area contributed by atoms with Crippen molar-refractivity contribution in [3.8, 4) is 22.6 Å². The molecule has 4 aromatic rings. The molecule has 0 bridgehead atoms. The summed E-state index contributed by atoms with van der Waals surface area (Å²) in [5, 5.41) is 3.22. The number of thioether (sulfide) groups is 1. The van der Waals surface area contributed by atoms with E-state index in [1.165, 1.54) is 10.1 Å². The lowest BCUT2D eigenvalue weighted by Crippen LogP contribution is -2.15. The third-order valence-corrected chi connectivity index (χ3v) is 6.22. The third-order valence-electron chi connectivity index (χ3n) is 5.18. The first-order chi connectivity index (χ1) is 15.0. The van der Waals surface area contributed by atoms with Crippen LogP contribution in [-0.4, -0.2) is 28.8 Å². The molecule has 2 heterocycles. The van der Waals surface area contributed by atoms with Gasteiger partial charge in [0.25, 0.3) is 5.56 Å². The Morgan fingerprint density at radius 2 is 1.77 bits per heavy atom. The Balaban J connectivity index is 1.78. The van der Waals surface area contributed by atoms with Crippen LogP contribution in [0.15, 0.2) is 58.2 Å². The number of ether oxygens (including phenoxy) is 2. The van der Waals surface area contributed by atoms with Crippen molar-refractivity contribution in [3.05, 3.63) is 75.8 Å². The minimum absolute atomic E-state index is 0.120. The smallest absolute Gasteiger partial charge is 0.272 e. The fourth-order valence-electron chi connectivity index (χ4n) is 3.55. The number of hydrogen-bond donors (Lipinski definition) is 1. The second-order valence-electron chi connectivity index (χ2n) is 7.24. The molecule has 31 heavy (non-hydrogen) atoms. The van der Waals surface area contributed by atoms with Crippen LogP contribution in [0.1, 0.15) is 23.9 Å². The maximum atomic E-state index is 12.8. The van der Waals surface area contributed by atoms with Crippen LogP contribution in [0.3, 0.4) is 0 Å². The van der Waals surface area contributed by atoms with Crippen LogP contribution in [0.4, 0.5) is 0 Å². The minimum Gasteiger partial charge on any atom is -0.493 e. The summed E-state index contributed by atoms with van der Waals surface area (Å²) in [6.45, 7) is 4.12. The molecule has 7 heteroatoms. The molecule has 0 unspecified atom stereocenters. The minimum atomic E-state index is -0.120. The highest BCUT2D eigenvalue weighted by molar-refractivity contribution is 7.98. The van der Waals surface area contributed by atoms with Gasteiger partial charge in [-0.25, -0.2) is 9.50 Å². The van der Waals surface area contributed by atoms with E-state index in [0.717, 1.165) is 33.8 Å². The Morgan fingerprint density at radius 1 is 1.03 bits per heavy atom. The Kier molecular flexibility index (Phi) is 6.04. The highest BCUT2D eigenvalue weighted by Crippen LogP contribution is 2.35. The largest absolute Gasteiger partial charge is 0.493 e. The van der Waals surface area contributed by atoms with Crippen LogP contribution in [0.25, 0.3) is 16.8 Å². The zero-order chi connectivity index (χ0) is 22.0. The summed E-state index contributed by atoms with van der Waals surface area (Å²) in [7, 11) is 3.22. The van der Waals surface area contributed by atoms with Gasteiger partial charge >= 0.3 is 0 Å². The van der Waals surface area contributed by atoms with Gasteiger partial charge in [0.1, 0.15) is 0 Å². The van der Waals surface area contributed by atoms with Gasteiger partial charge in [-0.15, -0.1) is 11.8 Å². The second kappa shape index (κ2) is 8.89. The van der Waals surface area contributed by atoms with Crippen LogP contribution >= 0.6 is 11.8 Å². The number of hydrogen-bond acceptors (Lipinski definition) is 5. The lowest BCUT2D eigenvalue weighted by Gasteiger charge is -2.10. The molecule has 6 nitrogen and oxygen atoms in total. The van der Waals surface area contributed by atoms with Crippen molar-refractivity contribution in [1.29, 1.82) is 0 Å². The number of methoxy groups -OCH3 is 2. The van der Waals surface area contributed by atoms with E-state index in [1.807, 2.05) is 25.1 Å². The molecule has 0 saturated carbocycles. The Bertz CT molecular complexity index is 1280. The van der Waals surface area contributed by atoms with Crippen molar-refractivity contribution in [2.24, 2.45) is 0 Å². The number of H-pyrrole nitrogens is 1. The van der Waals surface area contributed by atoms with E-state index >= 15 is 0 Å². The lowest BCUT2D eigenvalue weighted by atomic mass is 10.0. The summed E-state index contributed by atoms with van der Waals surface area (Å²) in [4.78, 5) is 18.8. The molecular weight excluding hydrogens is 410 g/mol. The highest BCUT2D eigenvalue weighted by Gasteiger charge is 2.18. The first-order valence-corrected chi connectivity index (χ1v) is 11.1. The number of aryl methyl sites for hydroxylation is 2. The third kappa shape index (κ3) is 4.18. The van der Waals surface area contributed by atoms with Crippen LogP contribution in [0.5, 0.6) is 11.5 Å². The maximum Gasteiger partial charge on any atom is 0.272 e. The predicted molar refractivity (Wildman–Crippen MR) is 124 cm³/mol. The van der Waals surface area contributed by atoms with Gasteiger partial charge < -0.3 is 9.47 Å². The zero-order valence-corrected chi connectivity index (χ0v) is 18.9. The number of fused-ring (bicyclic) bond motifs is 1. The number of aromatic nitrogens is 3. The molecule has 2 aromatic heterocycles. The summed E-state index contributed by atoms with van der Waals surface area (Å²) >= 11 is 1.67. The fraction of sp³-hybridized carbons (Fsp3) is 0.250. The van der Waals surface area contributed by atoms with E-state index in [1.54, 1.807) is 32.0 Å². The summed E-state index contributed by atoms with van der Waals surface area (Å²) in [5.74, 6) is 1.91. The Hall–Kier alpha value is -3.19. The molecule has 0 amide bonds. The van der Waals surface area contributed by atoms with Crippen molar-refractivity contribution in [2.45, 2.75) is 30.9 Å². The van der Waals surface area contributed by atoms with Crippen molar-refractivity contribution in [3.63, 3.8) is 0 Å². The molecule has 0 aliphatic rings. The van der Waals surface area contributed by atoms with Gasteiger partial charge in [0.15, 0.2) is 17.1 Å². The van der Waals surface area contributed by atoms with E-state index in [4.69, 9.17) is 14.5 Å². The predicted octanol–water partition coefficient (Wildman–Crippen LogP) is 4.87. The molecule has 4 rings (SSSR count). The molecule has 160 valence electrons. The van der Waals surface area contributed by atoms with E-state index in [-0.39, 0.29) is 5.56 Å². The molecule has 0 fully saturated rings. The number of benzene rings is 2. The van der Waals surface area contributed by atoms with Crippen molar-refractivity contribution >= 4 is 17.4 Å². The summed E-state index contributed by atoms with van der Waals surface area (Å²) in [5.41, 5.74) is 5.24. The van der Waals surface area contributed by atoms with Gasteiger partial charge in [-0.2, -0.15) is 0 Å². The van der Waals surface area contributed by atoms with Gasteiger partial charge in [-0.3, -0.25) is 9.89 Å². The van der Waals surface area contributed by atoms with Crippen molar-refractivity contribution < 1.29 is 9.47 Å². The number of aromatic amines is 1. The van der Waals surface area contributed by atoms with Crippen LogP contribution in [0, 0.1) is 6.92 Å². The van der Waals surface area contributed by atoms with E-state index in [0.29, 0.717) is 22.9 Å². The monoisotopic (exact) mass is 435 g/mol. The highest BCUT2D eigenvalue weighted by atomic mass is 32.2. The molecule has 0 saturated heterocycles. The number of nitrogens with one attached hydrogen (secondary N) is 1. The van der Waals surface area contributed by atoms with E-state index in [2.05, 4.69) is 36.3 Å². The van der Waals surface area contributed by atoms with Gasteiger partial charge in [-0.05, 0) is 43.2 Å². The Morgan fingerprint density at radius 3 is 2.45 bits per heavy atom. The second-order valence-corrected chi connectivity index (χ2v) is 8.28. The number of rotatable bonds is 7. The Labute approximate surface area is 185 Å². The van der Waals surface area contributed by atoms with Crippen molar-refractivity contribution in [2.75, 3.05) is 14.2 Å². The molecule has 1 N–H and O–H groups in total. The van der Waals surface area contributed by atoms with Crippen LogP contribution in [0.2, 0.25) is 0 Å². The van der Waals surface area contributed by atoms with Crippen molar-refractivity contribution in [1.82, 2.24) is 14.6 Å². The molecule has 0 aliphatic carbocycles. The normalized spacial score (nSPS) is 11.1. The van der Waals surface area contributed by atoms with E-state index < -0.39 is 0 Å². The molecular formula is C24H25N3O3S. The van der Waals surface area contributed by atoms with Gasteiger partial charge in [0.2, 0.25) is 0 Å². The van der Waals surface area contributed by atoms with E-state index in [9.17, 15) is 4.79 Å². The molecule has 0 radical (unpaired) electrons. The maximum absolute atomic E-state index is 12.8. The van der Waals surface area contributed by atoms with Gasteiger partial charge in [-0.1, -0.05) is 30.7 Å². The summed E-state index contributed by atoms with van der Waals surface area (Å²) in [6, 6.07) is 15.7. The SMILES string of the molecule is CCc1[nH]n2c(=O)cc(CSc3ccc(C)cc3)nc2c1-c1ccc(OC)c(OC)c1. The van der Waals surface area contributed by atoms with Gasteiger partial charge in [0.05, 0.1) is 19.9 Å². The lowest BCUT2D eigenvalue weighted by molar-refractivity contribution is 0.355. The molecule has 0 spiro atoms. The first-order valence-electron chi connectivity index (χ1n) is 10.1.